The van der Waals surface area contributed by atoms with E-state index in [0.717, 1.165) is 0 Å². The van der Waals surface area contributed by atoms with Gasteiger partial charge in [-0.05, 0) is 32.8 Å². The monoisotopic (exact) mass is 320 g/mol. The van der Waals surface area contributed by atoms with Crippen LogP contribution < -0.4 is 5.32 Å². The highest BCUT2D eigenvalue weighted by Gasteiger charge is 2.32. The second-order valence-electron chi connectivity index (χ2n) is 6.72. The molecule has 6 heteroatoms. The summed E-state index contributed by atoms with van der Waals surface area (Å²) in [5.74, 6) is -0.237. The SMILES string of the molecule is CC(C)(C)OC(=O)N[C@H](C(=O)N1CC[C@@H](O)C1)c1ccccc1. The van der Waals surface area contributed by atoms with E-state index in [1.807, 2.05) is 18.2 Å². The Bertz CT molecular complexity index is 553. The highest BCUT2D eigenvalue weighted by atomic mass is 16.6. The number of nitrogens with zero attached hydrogens (tertiary/aromatic N) is 1. The lowest BCUT2D eigenvalue weighted by Crippen LogP contribution is -2.44. The minimum absolute atomic E-state index is 0.237. The fourth-order valence-electron chi connectivity index (χ4n) is 2.48. The van der Waals surface area contributed by atoms with Gasteiger partial charge in [0.2, 0.25) is 5.91 Å². The maximum absolute atomic E-state index is 12.7. The summed E-state index contributed by atoms with van der Waals surface area (Å²) in [7, 11) is 0. The number of carbonyl (C=O) groups is 2. The Morgan fingerprint density at radius 3 is 2.48 bits per heavy atom. The van der Waals surface area contributed by atoms with Crippen molar-refractivity contribution in [1.29, 1.82) is 0 Å². The number of alkyl carbamates (subject to hydrolysis) is 1. The summed E-state index contributed by atoms with van der Waals surface area (Å²) in [5.41, 5.74) is 0.0443. The third kappa shape index (κ3) is 4.96. The van der Waals surface area contributed by atoms with Crippen LogP contribution in [-0.4, -0.2) is 46.8 Å². The molecule has 1 heterocycles. The van der Waals surface area contributed by atoms with Gasteiger partial charge in [-0.1, -0.05) is 30.3 Å². The average molecular weight is 320 g/mol. The fourth-order valence-corrected chi connectivity index (χ4v) is 2.48. The number of hydrogen-bond acceptors (Lipinski definition) is 4. The predicted octanol–water partition coefficient (Wildman–Crippen LogP) is 1.85. The molecule has 6 nitrogen and oxygen atoms in total. The zero-order valence-corrected chi connectivity index (χ0v) is 13.8. The molecule has 0 aliphatic carbocycles. The second-order valence-corrected chi connectivity index (χ2v) is 6.72. The molecule has 2 rings (SSSR count). The quantitative estimate of drug-likeness (QED) is 0.891. The number of rotatable bonds is 3. The molecule has 0 radical (unpaired) electrons. The van der Waals surface area contributed by atoms with Crippen LogP contribution in [0.15, 0.2) is 30.3 Å². The van der Waals surface area contributed by atoms with Gasteiger partial charge in [-0.2, -0.15) is 0 Å². The molecule has 1 aliphatic heterocycles. The molecule has 1 aromatic carbocycles. The van der Waals surface area contributed by atoms with E-state index in [0.29, 0.717) is 18.5 Å². The molecule has 2 N–H and O–H groups in total. The third-order valence-electron chi connectivity index (χ3n) is 3.52. The molecule has 0 aromatic heterocycles. The summed E-state index contributed by atoms with van der Waals surface area (Å²) >= 11 is 0. The van der Waals surface area contributed by atoms with Crippen molar-refractivity contribution in [1.82, 2.24) is 10.2 Å². The van der Waals surface area contributed by atoms with Gasteiger partial charge >= 0.3 is 6.09 Å². The number of nitrogens with one attached hydrogen (secondary N) is 1. The Morgan fingerprint density at radius 1 is 1.30 bits per heavy atom. The summed E-state index contributed by atoms with van der Waals surface area (Å²) in [6, 6.07) is 8.21. The molecule has 1 aromatic rings. The number of amides is 2. The van der Waals surface area contributed by atoms with E-state index in [9.17, 15) is 14.7 Å². The molecular weight excluding hydrogens is 296 g/mol. The van der Waals surface area contributed by atoms with Crippen LogP contribution in [0.3, 0.4) is 0 Å². The lowest BCUT2D eigenvalue weighted by Gasteiger charge is -2.26. The zero-order chi connectivity index (χ0) is 17.0. The van der Waals surface area contributed by atoms with Gasteiger partial charge in [0.15, 0.2) is 0 Å². The molecule has 0 unspecified atom stereocenters. The van der Waals surface area contributed by atoms with Crippen molar-refractivity contribution < 1.29 is 19.4 Å². The van der Waals surface area contributed by atoms with Crippen LogP contribution in [0.2, 0.25) is 0 Å². The predicted molar refractivity (Wildman–Crippen MR) is 85.8 cm³/mol. The Hall–Kier alpha value is -2.08. The smallest absolute Gasteiger partial charge is 0.408 e. The Morgan fingerprint density at radius 2 is 1.96 bits per heavy atom. The first-order valence-corrected chi connectivity index (χ1v) is 7.77. The number of benzene rings is 1. The molecule has 2 amide bonds. The summed E-state index contributed by atoms with van der Waals surface area (Å²) < 4.78 is 5.25. The first-order chi connectivity index (χ1) is 10.8. The van der Waals surface area contributed by atoms with Gasteiger partial charge in [-0.3, -0.25) is 4.79 Å². The minimum atomic E-state index is -0.823. The second kappa shape index (κ2) is 7.00. The van der Waals surface area contributed by atoms with E-state index in [-0.39, 0.29) is 12.5 Å². The number of ether oxygens (including phenoxy) is 1. The Kier molecular flexibility index (Phi) is 5.26. The highest BCUT2D eigenvalue weighted by Crippen LogP contribution is 2.20. The van der Waals surface area contributed by atoms with Crippen molar-refractivity contribution in [3.8, 4) is 0 Å². The average Bonchev–Trinajstić information content (AvgIpc) is 2.90. The molecule has 0 saturated carbocycles. The number of carbonyl (C=O) groups excluding carboxylic acids is 2. The van der Waals surface area contributed by atoms with E-state index in [1.165, 1.54) is 0 Å². The van der Waals surface area contributed by atoms with Gasteiger partial charge in [0.05, 0.1) is 6.10 Å². The van der Waals surface area contributed by atoms with E-state index in [1.54, 1.807) is 37.8 Å². The zero-order valence-electron chi connectivity index (χ0n) is 13.8. The maximum atomic E-state index is 12.7. The van der Waals surface area contributed by atoms with E-state index in [4.69, 9.17) is 4.74 Å². The maximum Gasteiger partial charge on any atom is 0.408 e. The Balaban J connectivity index is 2.15. The van der Waals surface area contributed by atoms with Gasteiger partial charge in [-0.15, -0.1) is 0 Å². The molecule has 126 valence electrons. The summed E-state index contributed by atoms with van der Waals surface area (Å²) in [6.07, 6.45) is -0.587. The summed E-state index contributed by atoms with van der Waals surface area (Å²) in [6.45, 7) is 6.08. The van der Waals surface area contributed by atoms with Crippen molar-refractivity contribution in [2.75, 3.05) is 13.1 Å². The van der Waals surface area contributed by atoms with E-state index < -0.39 is 23.8 Å². The first kappa shape index (κ1) is 17.3. The largest absolute Gasteiger partial charge is 0.444 e. The summed E-state index contributed by atoms with van der Waals surface area (Å²) in [5, 5.41) is 12.3. The van der Waals surface area contributed by atoms with Crippen LogP contribution in [0, 0.1) is 0 Å². The van der Waals surface area contributed by atoms with Crippen LogP contribution in [0.5, 0.6) is 0 Å². The van der Waals surface area contributed by atoms with Crippen molar-refractivity contribution >= 4 is 12.0 Å². The fraction of sp³-hybridized carbons (Fsp3) is 0.529. The van der Waals surface area contributed by atoms with Gasteiger partial charge in [-0.25, -0.2) is 4.79 Å². The standard InChI is InChI=1S/C17H24N2O4/c1-17(2,3)23-16(22)18-14(12-7-5-4-6-8-12)15(21)19-10-9-13(20)11-19/h4-8,13-14,20H,9-11H2,1-3H3,(H,18,22)/t13-,14+/m1/s1. The third-order valence-corrected chi connectivity index (χ3v) is 3.52. The number of β-amino-alcohol motifs (C(OH)–C–C–N with tert-alkyl or cyclic N) is 1. The van der Waals surface area contributed by atoms with Gasteiger partial charge in [0.1, 0.15) is 11.6 Å². The van der Waals surface area contributed by atoms with Crippen molar-refractivity contribution in [3.05, 3.63) is 35.9 Å². The molecule has 0 bridgehead atoms. The van der Waals surface area contributed by atoms with Crippen LogP contribution in [0.25, 0.3) is 0 Å². The van der Waals surface area contributed by atoms with Crippen molar-refractivity contribution in [2.24, 2.45) is 0 Å². The van der Waals surface area contributed by atoms with Crippen molar-refractivity contribution in [2.45, 2.75) is 44.9 Å². The molecule has 1 fully saturated rings. The van der Waals surface area contributed by atoms with Crippen LogP contribution in [0.4, 0.5) is 4.79 Å². The number of hydrogen-bond donors (Lipinski definition) is 2. The van der Waals surface area contributed by atoms with Crippen LogP contribution in [-0.2, 0) is 9.53 Å². The lowest BCUT2D eigenvalue weighted by molar-refractivity contribution is -0.133. The number of aliphatic hydroxyl groups is 1. The van der Waals surface area contributed by atoms with Gasteiger partial charge < -0.3 is 20.1 Å². The van der Waals surface area contributed by atoms with E-state index in [2.05, 4.69) is 5.32 Å². The van der Waals surface area contributed by atoms with E-state index >= 15 is 0 Å². The summed E-state index contributed by atoms with van der Waals surface area (Å²) in [4.78, 5) is 26.4. The normalized spacial score (nSPS) is 19.3. The highest BCUT2D eigenvalue weighted by molar-refractivity contribution is 5.87. The number of likely N-dealkylation sites (tertiary alicyclic amines) is 1. The molecule has 2 atom stereocenters. The van der Waals surface area contributed by atoms with Gasteiger partial charge in [0.25, 0.3) is 0 Å². The molecule has 1 saturated heterocycles. The van der Waals surface area contributed by atoms with Crippen molar-refractivity contribution in [3.63, 3.8) is 0 Å². The number of aliphatic hydroxyl groups excluding tert-OH is 1. The van der Waals surface area contributed by atoms with Crippen LogP contribution >= 0.6 is 0 Å². The first-order valence-electron chi connectivity index (χ1n) is 7.77. The molecule has 1 aliphatic rings. The Labute approximate surface area is 136 Å². The molecule has 23 heavy (non-hydrogen) atoms. The molecule has 0 spiro atoms. The van der Waals surface area contributed by atoms with Gasteiger partial charge in [0, 0.05) is 13.1 Å². The topological polar surface area (TPSA) is 78.9 Å². The van der Waals surface area contributed by atoms with Crippen LogP contribution in [0.1, 0.15) is 38.8 Å². The minimum Gasteiger partial charge on any atom is -0.444 e. The molecular formula is C17H24N2O4. The lowest BCUT2D eigenvalue weighted by atomic mass is 10.1.